The van der Waals surface area contributed by atoms with Crippen molar-refractivity contribution in [2.45, 2.75) is 56.9 Å². The van der Waals surface area contributed by atoms with Gasteiger partial charge in [-0.25, -0.2) is 9.97 Å². The average Bonchev–Trinajstić information content (AvgIpc) is 3.32. The highest BCUT2D eigenvalue weighted by atomic mass is 32.1. The molecule has 0 amide bonds. The van der Waals surface area contributed by atoms with E-state index >= 15 is 0 Å². The largest absolute Gasteiger partial charge is 0.338 e. The Morgan fingerprint density at radius 1 is 1.11 bits per heavy atom. The van der Waals surface area contributed by atoms with Crippen LogP contribution in [0.1, 0.15) is 55.7 Å². The fourth-order valence-corrected chi connectivity index (χ4v) is 5.43. The molecule has 0 N–H and O–H groups in total. The maximum absolute atomic E-state index is 13.0. The molecule has 144 valence electrons. The van der Waals surface area contributed by atoms with Gasteiger partial charge in [0.1, 0.15) is 6.33 Å². The van der Waals surface area contributed by atoms with Crippen LogP contribution in [0.3, 0.4) is 0 Å². The molecule has 2 fully saturated rings. The Labute approximate surface area is 168 Å². The van der Waals surface area contributed by atoms with E-state index in [0.29, 0.717) is 18.1 Å². The Bertz CT molecular complexity index is 983. The van der Waals surface area contributed by atoms with Crippen LogP contribution in [0.25, 0.3) is 10.3 Å². The molecule has 1 aromatic carbocycles. The normalized spacial score (nSPS) is 19.9. The maximum Gasteiger partial charge on any atom is 0.188 e. The van der Waals surface area contributed by atoms with E-state index < -0.39 is 0 Å². The zero-order valence-electron chi connectivity index (χ0n) is 15.9. The first-order chi connectivity index (χ1) is 13.8. The van der Waals surface area contributed by atoms with Gasteiger partial charge >= 0.3 is 0 Å². The summed E-state index contributed by atoms with van der Waals surface area (Å²) in [6.07, 6.45) is 8.71. The standard InChI is InChI=1S/C22H24N4OS/c27-18(12-11-15-6-2-1-3-7-15)17-10-5-13-26(17)22-25-21-20(28-22)19(23-14-24-21)16-8-4-9-16/h1-3,6-7,14,16-17H,4-5,8-13H2/t17-/m1/s1. The molecule has 1 atom stereocenters. The summed E-state index contributed by atoms with van der Waals surface area (Å²) in [6, 6.07) is 10.2. The third-order valence-corrected chi connectivity index (χ3v) is 7.18. The SMILES string of the molecule is O=C(CCc1ccccc1)[C@H]1CCCN1c1nc2ncnc(C3CCC3)c2s1. The number of carbonyl (C=O) groups is 1. The van der Waals surface area contributed by atoms with Gasteiger partial charge in [0.15, 0.2) is 16.6 Å². The van der Waals surface area contributed by atoms with E-state index in [1.807, 2.05) is 18.2 Å². The van der Waals surface area contributed by atoms with Gasteiger partial charge in [-0.05, 0) is 37.7 Å². The second-order valence-corrected chi connectivity index (χ2v) is 8.82. The summed E-state index contributed by atoms with van der Waals surface area (Å²) in [5.41, 5.74) is 3.17. The summed E-state index contributed by atoms with van der Waals surface area (Å²) in [5.74, 6) is 0.881. The molecule has 6 heteroatoms. The number of nitrogens with zero attached hydrogens (tertiary/aromatic N) is 4. The van der Waals surface area contributed by atoms with Crippen LogP contribution < -0.4 is 4.90 Å². The highest BCUT2D eigenvalue weighted by Gasteiger charge is 2.33. The number of thiazole rings is 1. The number of fused-ring (bicyclic) bond motifs is 1. The Balaban J connectivity index is 1.35. The Hall–Kier alpha value is -2.34. The lowest BCUT2D eigenvalue weighted by atomic mass is 9.83. The molecule has 0 unspecified atom stereocenters. The number of benzene rings is 1. The van der Waals surface area contributed by atoms with E-state index in [4.69, 9.17) is 4.98 Å². The highest BCUT2D eigenvalue weighted by Crippen LogP contribution is 2.41. The molecule has 1 saturated carbocycles. The van der Waals surface area contributed by atoms with Crippen molar-refractivity contribution in [2.75, 3.05) is 11.4 Å². The van der Waals surface area contributed by atoms with Crippen molar-refractivity contribution in [3.05, 3.63) is 47.9 Å². The van der Waals surface area contributed by atoms with Crippen LogP contribution in [0.4, 0.5) is 5.13 Å². The molecule has 28 heavy (non-hydrogen) atoms. The van der Waals surface area contributed by atoms with Crippen molar-refractivity contribution >= 4 is 32.6 Å². The van der Waals surface area contributed by atoms with Gasteiger partial charge in [0, 0.05) is 18.9 Å². The first kappa shape index (κ1) is 17.7. The van der Waals surface area contributed by atoms with Crippen LogP contribution in [-0.2, 0) is 11.2 Å². The predicted molar refractivity (Wildman–Crippen MR) is 112 cm³/mol. The molecule has 1 saturated heterocycles. The minimum atomic E-state index is -0.0515. The fraction of sp³-hybridized carbons (Fsp3) is 0.455. The van der Waals surface area contributed by atoms with E-state index in [1.54, 1.807) is 17.7 Å². The number of ketones is 1. The second-order valence-electron chi connectivity index (χ2n) is 7.84. The van der Waals surface area contributed by atoms with Gasteiger partial charge in [0.2, 0.25) is 0 Å². The van der Waals surface area contributed by atoms with E-state index in [0.717, 1.165) is 47.0 Å². The molecule has 1 aliphatic heterocycles. The average molecular weight is 393 g/mol. The van der Waals surface area contributed by atoms with Crippen LogP contribution in [-0.4, -0.2) is 33.3 Å². The minimum Gasteiger partial charge on any atom is -0.338 e. The first-order valence-electron chi connectivity index (χ1n) is 10.2. The van der Waals surface area contributed by atoms with Gasteiger partial charge in [0.05, 0.1) is 16.4 Å². The molecule has 0 radical (unpaired) electrons. The number of anilines is 1. The molecule has 1 aliphatic carbocycles. The van der Waals surface area contributed by atoms with Gasteiger partial charge in [-0.3, -0.25) is 4.79 Å². The summed E-state index contributed by atoms with van der Waals surface area (Å²) in [6.45, 7) is 0.897. The molecule has 5 nitrogen and oxygen atoms in total. The summed E-state index contributed by atoms with van der Waals surface area (Å²) in [4.78, 5) is 28.9. The van der Waals surface area contributed by atoms with E-state index in [1.165, 1.54) is 24.8 Å². The zero-order chi connectivity index (χ0) is 18.9. The zero-order valence-corrected chi connectivity index (χ0v) is 16.7. The van der Waals surface area contributed by atoms with Crippen molar-refractivity contribution in [1.82, 2.24) is 15.0 Å². The minimum absolute atomic E-state index is 0.0515. The lowest BCUT2D eigenvalue weighted by Gasteiger charge is -2.24. The van der Waals surface area contributed by atoms with E-state index in [9.17, 15) is 4.79 Å². The predicted octanol–water partition coefficient (Wildman–Crippen LogP) is 4.52. The van der Waals surface area contributed by atoms with Gasteiger partial charge in [0.25, 0.3) is 0 Å². The second kappa shape index (κ2) is 7.59. The molecule has 5 rings (SSSR count). The molecule has 0 bridgehead atoms. The third kappa shape index (κ3) is 3.30. The molecule has 2 aromatic heterocycles. The Morgan fingerprint density at radius 2 is 1.96 bits per heavy atom. The monoisotopic (exact) mass is 392 g/mol. The fourth-order valence-electron chi connectivity index (χ4n) is 4.26. The van der Waals surface area contributed by atoms with E-state index in [-0.39, 0.29) is 6.04 Å². The number of aromatic nitrogens is 3. The highest BCUT2D eigenvalue weighted by molar-refractivity contribution is 7.22. The molecule has 0 spiro atoms. The summed E-state index contributed by atoms with van der Waals surface area (Å²) in [5, 5.41) is 0.937. The van der Waals surface area contributed by atoms with Crippen molar-refractivity contribution in [3.8, 4) is 0 Å². The van der Waals surface area contributed by atoms with Crippen molar-refractivity contribution in [2.24, 2.45) is 0 Å². The molecule has 3 heterocycles. The summed E-state index contributed by atoms with van der Waals surface area (Å²) in [7, 11) is 0. The van der Waals surface area contributed by atoms with Crippen LogP contribution in [0.2, 0.25) is 0 Å². The number of carbonyl (C=O) groups excluding carboxylic acids is 1. The smallest absolute Gasteiger partial charge is 0.188 e. The molecular formula is C22H24N4OS. The lowest BCUT2D eigenvalue weighted by molar-refractivity contribution is -0.120. The topological polar surface area (TPSA) is 59.0 Å². The quantitative estimate of drug-likeness (QED) is 0.617. The Kier molecular flexibility index (Phi) is 4.81. The number of Topliss-reactive ketones (excluding diaryl/α,β-unsaturated/α-hetero) is 1. The van der Waals surface area contributed by atoms with Crippen molar-refractivity contribution in [1.29, 1.82) is 0 Å². The number of aryl methyl sites for hydroxylation is 1. The first-order valence-corrected chi connectivity index (χ1v) is 11.1. The van der Waals surface area contributed by atoms with Gasteiger partial charge in [-0.1, -0.05) is 48.1 Å². The van der Waals surface area contributed by atoms with E-state index in [2.05, 4.69) is 27.0 Å². The molecular weight excluding hydrogens is 368 g/mol. The lowest BCUT2D eigenvalue weighted by Crippen LogP contribution is -2.36. The maximum atomic E-state index is 13.0. The summed E-state index contributed by atoms with van der Waals surface area (Å²) >= 11 is 1.67. The number of hydrogen-bond donors (Lipinski definition) is 0. The van der Waals surface area contributed by atoms with Gasteiger partial charge < -0.3 is 4.90 Å². The Morgan fingerprint density at radius 3 is 2.75 bits per heavy atom. The van der Waals surface area contributed by atoms with Crippen LogP contribution >= 0.6 is 11.3 Å². The van der Waals surface area contributed by atoms with Gasteiger partial charge in [-0.15, -0.1) is 0 Å². The number of hydrogen-bond acceptors (Lipinski definition) is 6. The van der Waals surface area contributed by atoms with Gasteiger partial charge in [-0.2, -0.15) is 4.98 Å². The summed E-state index contributed by atoms with van der Waals surface area (Å²) < 4.78 is 1.12. The van der Waals surface area contributed by atoms with Crippen LogP contribution in [0.15, 0.2) is 36.7 Å². The molecule has 2 aliphatic rings. The van der Waals surface area contributed by atoms with Crippen molar-refractivity contribution in [3.63, 3.8) is 0 Å². The van der Waals surface area contributed by atoms with Crippen LogP contribution in [0, 0.1) is 0 Å². The van der Waals surface area contributed by atoms with Crippen molar-refractivity contribution < 1.29 is 4.79 Å². The van der Waals surface area contributed by atoms with Crippen LogP contribution in [0.5, 0.6) is 0 Å². The molecule has 3 aromatic rings. The third-order valence-electron chi connectivity index (χ3n) is 6.07. The number of rotatable bonds is 6.